The van der Waals surface area contributed by atoms with Gasteiger partial charge in [0, 0.05) is 6.54 Å². The van der Waals surface area contributed by atoms with Crippen LogP contribution < -0.4 is 5.32 Å². The van der Waals surface area contributed by atoms with Gasteiger partial charge in [-0.25, -0.2) is 8.78 Å². The number of benzene rings is 3. The summed E-state index contributed by atoms with van der Waals surface area (Å²) in [6.07, 6.45) is 5.98. The van der Waals surface area contributed by atoms with Gasteiger partial charge in [0.05, 0.1) is 10.1 Å². The Kier molecular flexibility index (Phi) is 7.25. The minimum Gasteiger partial charge on any atom is -0.505 e. The molecule has 3 N–H and O–H groups in total. The number of phenolic OH excluding ortho intramolecular Hbond substituents is 2. The molecule has 6 heteroatoms. The lowest BCUT2D eigenvalue weighted by atomic mass is 9.89. The molecule has 3 aromatic rings. The molecule has 1 unspecified atom stereocenters. The van der Waals surface area contributed by atoms with Crippen LogP contribution in [0.4, 0.5) is 8.78 Å². The van der Waals surface area contributed by atoms with Crippen LogP contribution in [0.2, 0.25) is 0 Å². The van der Waals surface area contributed by atoms with Gasteiger partial charge in [0.1, 0.15) is 0 Å². The number of aryl methyl sites for hydroxylation is 1. The summed E-state index contributed by atoms with van der Waals surface area (Å²) in [5, 5.41) is 22.8. The number of halogens is 2. The average molecular weight is 470 g/mol. The molecule has 3 nitrogen and oxygen atoms in total. The number of aromatic hydroxyl groups is 2. The first-order valence-corrected chi connectivity index (χ1v) is 12.3. The van der Waals surface area contributed by atoms with Crippen molar-refractivity contribution in [2.45, 2.75) is 49.1 Å². The van der Waals surface area contributed by atoms with Crippen LogP contribution in [0.15, 0.2) is 60.7 Å². The van der Waals surface area contributed by atoms with Crippen LogP contribution in [0.5, 0.6) is 11.5 Å². The molecule has 0 spiro atoms. The van der Waals surface area contributed by atoms with Crippen molar-refractivity contribution >= 4 is 11.8 Å². The van der Waals surface area contributed by atoms with Crippen molar-refractivity contribution in [1.82, 2.24) is 5.32 Å². The van der Waals surface area contributed by atoms with Crippen molar-refractivity contribution in [3.63, 3.8) is 0 Å². The summed E-state index contributed by atoms with van der Waals surface area (Å²) in [5.74, 6) is -2.29. The number of rotatable bonds is 8. The maximum absolute atomic E-state index is 14.3. The van der Waals surface area contributed by atoms with Gasteiger partial charge in [-0.3, -0.25) is 5.32 Å². The molecule has 0 radical (unpaired) electrons. The average Bonchev–Trinajstić information content (AvgIpc) is 3.27. The number of unbranched alkanes of at least 4 members (excludes halogenated alkanes) is 3. The largest absolute Gasteiger partial charge is 0.505 e. The van der Waals surface area contributed by atoms with Gasteiger partial charge in [-0.2, -0.15) is 0 Å². The summed E-state index contributed by atoms with van der Waals surface area (Å²) in [6, 6.07) is 17.1. The van der Waals surface area contributed by atoms with Gasteiger partial charge < -0.3 is 10.2 Å². The molecule has 4 rings (SSSR count). The molecule has 1 atom stereocenters. The summed E-state index contributed by atoms with van der Waals surface area (Å²) in [5.41, 5.74) is 3.65. The first kappa shape index (κ1) is 23.6. The van der Waals surface area contributed by atoms with E-state index in [1.807, 2.05) is 0 Å². The molecular formula is C27H29F2NO2S. The Morgan fingerprint density at radius 1 is 0.879 bits per heavy atom. The first-order chi connectivity index (χ1) is 15.9. The van der Waals surface area contributed by atoms with Gasteiger partial charge in [0.25, 0.3) is 0 Å². The fourth-order valence-corrected chi connectivity index (χ4v) is 5.90. The zero-order valence-electron chi connectivity index (χ0n) is 18.7. The van der Waals surface area contributed by atoms with E-state index in [0.29, 0.717) is 17.7 Å². The smallest absolute Gasteiger partial charge is 0.165 e. The van der Waals surface area contributed by atoms with Gasteiger partial charge >= 0.3 is 0 Å². The van der Waals surface area contributed by atoms with Crippen molar-refractivity contribution in [1.29, 1.82) is 0 Å². The van der Waals surface area contributed by atoms with E-state index in [1.54, 1.807) is 23.9 Å². The van der Waals surface area contributed by atoms with Gasteiger partial charge in [0.2, 0.25) is 0 Å². The van der Waals surface area contributed by atoms with Crippen LogP contribution in [-0.2, 0) is 11.2 Å². The molecule has 174 valence electrons. The van der Waals surface area contributed by atoms with Crippen LogP contribution in [0.1, 0.15) is 60.2 Å². The molecule has 1 aliphatic rings. The molecule has 0 aromatic heterocycles. The summed E-state index contributed by atoms with van der Waals surface area (Å²) in [6.45, 7) is 2.65. The van der Waals surface area contributed by atoms with E-state index in [2.05, 4.69) is 36.5 Å². The van der Waals surface area contributed by atoms with Crippen molar-refractivity contribution in [2.75, 3.05) is 6.54 Å². The Morgan fingerprint density at radius 3 is 2.03 bits per heavy atom. The fraction of sp³-hybridized carbons (Fsp3) is 0.333. The van der Waals surface area contributed by atoms with E-state index in [9.17, 15) is 19.0 Å². The SMILES string of the molecule is CCCCCCc1ccc(C2NCC(c3ccc(O)c(F)c3)(c3ccc(O)c(F)c3)S2)cc1. The zero-order valence-corrected chi connectivity index (χ0v) is 19.5. The number of nitrogens with one attached hydrogen (secondary N) is 1. The van der Waals surface area contributed by atoms with E-state index in [4.69, 9.17) is 0 Å². The predicted octanol–water partition coefficient (Wildman–Crippen LogP) is 6.78. The summed E-state index contributed by atoms with van der Waals surface area (Å²) in [4.78, 5) is 0. The van der Waals surface area contributed by atoms with Crippen LogP contribution in [0.3, 0.4) is 0 Å². The molecule has 1 saturated heterocycles. The van der Waals surface area contributed by atoms with Crippen LogP contribution in [0, 0.1) is 11.6 Å². The van der Waals surface area contributed by atoms with E-state index < -0.39 is 27.9 Å². The number of hydrogen-bond donors (Lipinski definition) is 3. The predicted molar refractivity (Wildman–Crippen MR) is 130 cm³/mol. The zero-order chi connectivity index (χ0) is 23.4. The molecule has 0 amide bonds. The monoisotopic (exact) mass is 469 g/mol. The molecule has 0 aliphatic carbocycles. The quantitative estimate of drug-likeness (QED) is 0.318. The second kappa shape index (κ2) is 10.1. The third-order valence-corrected chi connectivity index (χ3v) is 7.98. The lowest BCUT2D eigenvalue weighted by molar-refractivity contribution is 0.430. The molecule has 33 heavy (non-hydrogen) atoms. The maximum Gasteiger partial charge on any atom is 0.165 e. The lowest BCUT2D eigenvalue weighted by Crippen LogP contribution is -2.28. The van der Waals surface area contributed by atoms with Crippen molar-refractivity contribution < 1.29 is 19.0 Å². The molecule has 0 saturated carbocycles. The standard InChI is InChI=1S/C27H29F2NO2S/c1-2-3-4-5-6-18-7-9-19(10-8-18)26-30-17-27(33-26,20-11-13-24(31)22(28)15-20)21-12-14-25(32)23(29)16-21/h7-16,26,30-32H,2-6,17H2,1H3. The molecule has 1 aliphatic heterocycles. The van der Waals surface area contributed by atoms with Crippen LogP contribution in [0.25, 0.3) is 0 Å². The topological polar surface area (TPSA) is 52.5 Å². The molecule has 1 fully saturated rings. The highest BCUT2D eigenvalue weighted by Gasteiger charge is 2.44. The van der Waals surface area contributed by atoms with Gasteiger partial charge in [-0.05, 0) is 59.4 Å². The van der Waals surface area contributed by atoms with Gasteiger partial charge in [0.15, 0.2) is 23.1 Å². The second-order valence-corrected chi connectivity index (χ2v) is 9.99. The highest BCUT2D eigenvalue weighted by atomic mass is 32.2. The van der Waals surface area contributed by atoms with E-state index in [1.165, 1.54) is 55.5 Å². The van der Waals surface area contributed by atoms with E-state index in [-0.39, 0.29) is 5.37 Å². The number of thioether (sulfide) groups is 1. The maximum atomic E-state index is 14.3. The lowest BCUT2D eigenvalue weighted by Gasteiger charge is -2.29. The van der Waals surface area contributed by atoms with E-state index in [0.717, 1.165) is 12.0 Å². The van der Waals surface area contributed by atoms with Gasteiger partial charge in [-0.1, -0.05) is 62.6 Å². The second-order valence-electron chi connectivity index (χ2n) is 8.59. The Labute approximate surface area is 197 Å². The first-order valence-electron chi connectivity index (χ1n) is 11.4. The molecule has 1 heterocycles. The number of hydrogen-bond acceptors (Lipinski definition) is 4. The van der Waals surface area contributed by atoms with Crippen molar-refractivity contribution in [2.24, 2.45) is 0 Å². The summed E-state index contributed by atoms with van der Waals surface area (Å²) in [7, 11) is 0. The van der Waals surface area contributed by atoms with Crippen molar-refractivity contribution in [3.05, 3.63) is 94.6 Å². The number of phenols is 2. The molecule has 3 aromatic carbocycles. The molecular weight excluding hydrogens is 440 g/mol. The highest BCUT2D eigenvalue weighted by Crippen LogP contribution is 2.53. The molecule has 0 bridgehead atoms. The third kappa shape index (κ3) is 5.02. The summed E-state index contributed by atoms with van der Waals surface area (Å²) < 4.78 is 27.8. The van der Waals surface area contributed by atoms with Gasteiger partial charge in [-0.15, -0.1) is 11.8 Å². The Hall–Kier alpha value is -2.57. The minimum atomic E-state index is -0.785. The Morgan fingerprint density at radius 2 is 1.48 bits per heavy atom. The normalized spacial score (nSPS) is 17.4. The Bertz CT molecular complexity index is 1050. The third-order valence-electron chi connectivity index (χ3n) is 6.28. The summed E-state index contributed by atoms with van der Waals surface area (Å²) >= 11 is 1.57. The Balaban J connectivity index is 1.61. The highest BCUT2D eigenvalue weighted by molar-refractivity contribution is 8.00. The van der Waals surface area contributed by atoms with Crippen molar-refractivity contribution in [3.8, 4) is 11.5 Å². The van der Waals surface area contributed by atoms with Crippen LogP contribution >= 0.6 is 11.8 Å². The van der Waals surface area contributed by atoms with E-state index >= 15 is 0 Å². The minimum absolute atomic E-state index is 0.0760. The van der Waals surface area contributed by atoms with Crippen LogP contribution in [-0.4, -0.2) is 16.8 Å². The fourth-order valence-electron chi connectivity index (χ4n) is 4.34.